The lowest BCUT2D eigenvalue weighted by molar-refractivity contribution is -0.146. The number of thioether (sulfide) groups is 1. The van der Waals surface area contributed by atoms with Gasteiger partial charge in [0.15, 0.2) is 0 Å². The number of ether oxygens (including phenoxy) is 1. The highest BCUT2D eigenvalue weighted by molar-refractivity contribution is 7.98. The molecule has 1 atom stereocenters. The Hall–Kier alpha value is -2.48. The molecule has 2 heterocycles. The molecule has 1 saturated carbocycles. The first kappa shape index (κ1) is 24.2. The van der Waals surface area contributed by atoms with Gasteiger partial charge in [0.25, 0.3) is 0 Å². The number of nitrogens with zero attached hydrogens (tertiary/aromatic N) is 3. The summed E-state index contributed by atoms with van der Waals surface area (Å²) in [5.41, 5.74) is 3.07. The van der Waals surface area contributed by atoms with Gasteiger partial charge in [0.1, 0.15) is 12.1 Å². The maximum Gasteiger partial charge on any atom is 0.338 e. The Kier molecular flexibility index (Phi) is 7.37. The molecule has 1 aliphatic carbocycles. The summed E-state index contributed by atoms with van der Waals surface area (Å²) >= 11 is 14.4. The van der Waals surface area contributed by atoms with Gasteiger partial charge in [-0.15, -0.1) is 5.10 Å². The lowest BCUT2D eigenvalue weighted by Gasteiger charge is -2.30. The zero-order valence-electron chi connectivity index (χ0n) is 19.3. The number of carbonyl (C=O) groups is 1. The molecule has 6 nitrogen and oxygen atoms in total. The summed E-state index contributed by atoms with van der Waals surface area (Å²) in [6.07, 6.45) is 5.07. The number of halogens is 2. The molecule has 2 aromatic carbocycles. The summed E-state index contributed by atoms with van der Waals surface area (Å²) in [5, 5.41) is 9.63. The maximum atomic E-state index is 13.5. The van der Waals surface area contributed by atoms with Crippen LogP contribution in [0.4, 0.5) is 5.95 Å². The smallest absolute Gasteiger partial charge is 0.338 e. The number of nitrogens with one attached hydrogen (secondary N) is 1. The number of hydrogen-bond donors (Lipinski definition) is 1. The number of benzene rings is 2. The first-order valence-electron chi connectivity index (χ1n) is 11.8. The van der Waals surface area contributed by atoms with Gasteiger partial charge in [-0.3, -0.25) is 0 Å². The van der Waals surface area contributed by atoms with Crippen LogP contribution < -0.4 is 5.32 Å². The van der Waals surface area contributed by atoms with Gasteiger partial charge in [-0.1, -0.05) is 77.8 Å². The van der Waals surface area contributed by atoms with E-state index in [0.717, 1.165) is 37.0 Å². The van der Waals surface area contributed by atoms with Gasteiger partial charge >= 0.3 is 5.97 Å². The highest BCUT2D eigenvalue weighted by atomic mass is 35.5. The van der Waals surface area contributed by atoms with Gasteiger partial charge in [-0.2, -0.15) is 4.98 Å². The van der Waals surface area contributed by atoms with E-state index < -0.39 is 6.04 Å². The zero-order valence-corrected chi connectivity index (χ0v) is 21.7. The van der Waals surface area contributed by atoms with Crippen molar-refractivity contribution in [2.75, 3.05) is 5.32 Å². The van der Waals surface area contributed by atoms with Crippen molar-refractivity contribution in [1.82, 2.24) is 14.8 Å². The molecule has 182 valence electrons. The summed E-state index contributed by atoms with van der Waals surface area (Å²) in [4.78, 5) is 18.2. The van der Waals surface area contributed by atoms with Crippen molar-refractivity contribution in [3.05, 3.63) is 81.0 Å². The Morgan fingerprint density at radius 2 is 1.91 bits per heavy atom. The highest BCUT2D eigenvalue weighted by Crippen LogP contribution is 2.40. The highest BCUT2D eigenvalue weighted by Gasteiger charge is 2.37. The number of carbonyl (C=O) groups excluding carboxylic acids is 1. The fourth-order valence-corrected chi connectivity index (χ4v) is 5.88. The van der Waals surface area contributed by atoms with Crippen molar-refractivity contribution >= 4 is 46.9 Å². The molecule has 1 unspecified atom stereocenters. The molecule has 5 rings (SSSR count). The largest absolute Gasteiger partial charge is 0.459 e. The minimum absolute atomic E-state index is 0.0629. The lowest BCUT2D eigenvalue weighted by Crippen LogP contribution is -2.32. The van der Waals surface area contributed by atoms with Crippen LogP contribution in [0.15, 0.2) is 65.0 Å². The summed E-state index contributed by atoms with van der Waals surface area (Å²) < 4.78 is 7.70. The Morgan fingerprint density at radius 3 is 2.66 bits per heavy atom. The topological polar surface area (TPSA) is 69.0 Å². The molecule has 0 radical (unpaired) electrons. The van der Waals surface area contributed by atoms with E-state index >= 15 is 0 Å². The SMILES string of the molecule is CC1=C(C(=O)OC2CCCCC2)C(c2ccc(Cl)cc2Cl)n2nc(SCc3ccccc3)nc2N1. The van der Waals surface area contributed by atoms with Crippen LogP contribution in [0.25, 0.3) is 0 Å². The predicted molar refractivity (Wildman–Crippen MR) is 140 cm³/mol. The summed E-state index contributed by atoms with van der Waals surface area (Å²) in [5.74, 6) is 0.945. The molecule has 0 bridgehead atoms. The average molecular weight is 529 g/mol. The number of fused-ring (bicyclic) bond motifs is 1. The third-order valence-electron chi connectivity index (χ3n) is 6.35. The Labute approximate surface area is 219 Å². The van der Waals surface area contributed by atoms with E-state index in [9.17, 15) is 4.79 Å². The van der Waals surface area contributed by atoms with E-state index in [0.29, 0.717) is 32.4 Å². The van der Waals surface area contributed by atoms with Crippen molar-refractivity contribution in [1.29, 1.82) is 0 Å². The molecule has 0 amide bonds. The second-order valence-corrected chi connectivity index (χ2v) is 10.6. The third-order valence-corrected chi connectivity index (χ3v) is 7.82. The molecule has 3 aromatic rings. The van der Waals surface area contributed by atoms with E-state index in [1.807, 2.05) is 31.2 Å². The van der Waals surface area contributed by atoms with Gasteiger partial charge in [-0.25, -0.2) is 9.48 Å². The van der Waals surface area contributed by atoms with Crippen LogP contribution in [-0.4, -0.2) is 26.8 Å². The molecule has 0 spiro atoms. The van der Waals surface area contributed by atoms with E-state index in [1.165, 1.54) is 23.7 Å². The van der Waals surface area contributed by atoms with Gasteiger partial charge in [0.2, 0.25) is 11.1 Å². The number of esters is 1. The van der Waals surface area contributed by atoms with Gasteiger partial charge < -0.3 is 10.1 Å². The molecule has 0 saturated heterocycles. The quantitative estimate of drug-likeness (QED) is 0.273. The number of aromatic nitrogens is 3. The van der Waals surface area contributed by atoms with Crippen molar-refractivity contribution in [2.45, 2.75) is 62.1 Å². The van der Waals surface area contributed by atoms with E-state index in [2.05, 4.69) is 17.4 Å². The van der Waals surface area contributed by atoms with Crippen LogP contribution in [-0.2, 0) is 15.3 Å². The van der Waals surface area contributed by atoms with Crippen LogP contribution >= 0.6 is 35.0 Å². The van der Waals surface area contributed by atoms with Crippen molar-refractivity contribution in [3.63, 3.8) is 0 Å². The fraction of sp³-hybridized carbons (Fsp3) is 0.346. The molecule has 1 fully saturated rings. The summed E-state index contributed by atoms with van der Waals surface area (Å²) in [6.45, 7) is 1.86. The molecule has 1 N–H and O–H groups in total. The summed E-state index contributed by atoms with van der Waals surface area (Å²) in [6, 6.07) is 14.9. The fourth-order valence-electron chi connectivity index (χ4n) is 4.59. The van der Waals surface area contributed by atoms with E-state index in [1.54, 1.807) is 16.8 Å². The van der Waals surface area contributed by atoms with Crippen LogP contribution in [0, 0.1) is 0 Å². The number of anilines is 1. The first-order valence-corrected chi connectivity index (χ1v) is 13.5. The molecular weight excluding hydrogens is 503 g/mol. The van der Waals surface area contributed by atoms with Crippen molar-refractivity contribution < 1.29 is 9.53 Å². The average Bonchev–Trinajstić information content (AvgIpc) is 3.26. The van der Waals surface area contributed by atoms with Gasteiger partial charge in [0.05, 0.1) is 5.57 Å². The second kappa shape index (κ2) is 10.6. The van der Waals surface area contributed by atoms with Crippen molar-refractivity contribution in [3.8, 4) is 0 Å². The standard InChI is InChI=1S/C26H26Cl2N4O2S/c1-16-22(24(33)34-19-10-6-3-7-11-19)23(20-13-12-18(27)14-21(20)28)32-25(29-16)30-26(31-32)35-15-17-8-4-2-5-9-17/h2,4-5,8-9,12-14,19,23H,3,6-7,10-11,15H2,1H3,(H,29,30,31). The molecule has 1 aromatic heterocycles. The molecule has 2 aliphatic rings. The van der Waals surface area contributed by atoms with Crippen LogP contribution in [0.2, 0.25) is 10.0 Å². The third kappa shape index (κ3) is 5.37. The maximum absolute atomic E-state index is 13.5. The Morgan fingerprint density at radius 1 is 1.14 bits per heavy atom. The Bertz CT molecular complexity index is 1260. The number of allylic oxidation sites excluding steroid dienone is 1. The predicted octanol–water partition coefficient (Wildman–Crippen LogP) is 7.04. The van der Waals surface area contributed by atoms with Gasteiger partial charge in [-0.05, 0) is 50.3 Å². The van der Waals surface area contributed by atoms with E-state index in [-0.39, 0.29) is 12.1 Å². The molecule has 1 aliphatic heterocycles. The lowest BCUT2D eigenvalue weighted by atomic mass is 9.95. The normalized spacial score (nSPS) is 18.2. The monoisotopic (exact) mass is 528 g/mol. The minimum atomic E-state index is -0.578. The first-order chi connectivity index (χ1) is 17.0. The molecule has 9 heteroatoms. The van der Waals surface area contributed by atoms with Crippen LogP contribution in [0.3, 0.4) is 0 Å². The summed E-state index contributed by atoms with van der Waals surface area (Å²) in [7, 11) is 0. The number of hydrogen-bond acceptors (Lipinski definition) is 6. The van der Waals surface area contributed by atoms with Crippen LogP contribution in [0.5, 0.6) is 0 Å². The second-order valence-electron chi connectivity index (χ2n) is 8.83. The van der Waals surface area contributed by atoms with Crippen LogP contribution in [0.1, 0.15) is 56.2 Å². The number of rotatable bonds is 6. The molecular formula is C26H26Cl2N4O2S. The minimum Gasteiger partial charge on any atom is -0.459 e. The van der Waals surface area contributed by atoms with Crippen molar-refractivity contribution in [2.24, 2.45) is 0 Å². The van der Waals surface area contributed by atoms with E-state index in [4.69, 9.17) is 38.0 Å². The Balaban J connectivity index is 1.49. The zero-order chi connectivity index (χ0) is 24.4. The van der Waals surface area contributed by atoms with Gasteiger partial charge in [0, 0.05) is 27.1 Å². The molecule has 35 heavy (non-hydrogen) atoms.